The molecule has 28 heavy (non-hydrogen) atoms. The zero-order chi connectivity index (χ0) is 20.2. The van der Waals surface area contributed by atoms with Gasteiger partial charge in [-0.2, -0.15) is 0 Å². The highest BCUT2D eigenvalue weighted by Crippen LogP contribution is 2.27. The second kappa shape index (κ2) is 12.5. The van der Waals surface area contributed by atoms with Crippen LogP contribution in [0.5, 0.6) is 11.5 Å². The molecule has 6 nitrogen and oxygen atoms in total. The van der Waals surface area contributed by atoms with Gasteiger partial charge in [0.2, 0.25) is 0 Å². The van der Waals surface area contributed by atoms with E-state index in [0.717, 1.165) is 43.5 Å². The van der Waals surface area contributed by atoms with Gasteiger partial charge in [0, 0.05) is 19.6 Å². The van der Waals surface area contributed by atoms with Crippen molar-refractivity contribution in [3.8, 4) is 11.5 Å². The number of methoxy groups -OCH3 is 2. The van der Waals surface area contributed by atoms with Crippen LogP contribution in [-0.2, 0) is 6.42 Å². The molecule has 0 radical (unpaired) electrons. The summed E-state index contributed by atoms with van der Waals surface area (Å²) in [4.78, 5) is 7.41. The van der Waals surface area contributed by atoms with E-state index in [1.54, 1.807) is 14.2 Å². The molecule has 2 rings (SSSR count). The minimum absolute atomic E-state index is 0.703. The summed E-state index contributed by atoms with van der Waals surface area (Å²) in [6, 6.07) is 6.07. The lowest BCUT2D eigenvalue weighted by Gasteiger charge is -2.31. The van der Waals surface area contributed by atoms with Crippen molar-refractivity contribution in [2.45, 2.75) is 39.5 Å². The van der Waals surface area contributed by atoms with Crippen molar-refractivity contribution in [3.05, 3.63) is 23.8 Å². The maximum Gasteiger partial charge on any atom is 0.191 e. The minimum Gasteiger partial charge on any atom is -0.493 e. The molecule has 158 valence electrons. The monoisotopic (exact) mass is 390 g/mol. The van der Waals surface area contributed by atoms with Gasteiger partial charge in [0.25, 0.3) is 0 Å². The summed E-state index contributed by atoms with van der Waals surface area (Å²) in [7, 11) is 3.33. The van der Waals surface area contributed by atoms with Crippen LogP contribution in [0.2, 0.25) is 0 Å². The molecular weight excluding hydrogens is 352 g/mol. The van der Waals surface area contributed by atoms with Crippen LogP contribution >= 0.6 is 0 Å². The van der Waals surface area contributed by atoms with Crippen molar-refractivity contribution in [2.75, 3.05) is 53.5 Å². The lowest BCUT2D eigenvalue weighted by molar-refractivity contribution is 0.188. The number of nitrogens with zero attached hydrogens (tertiary/aromatic N) is 2. The van der Waals surface area contributed by atoms with Gasteiger partial charge in [-0.15, -0.1) is 0 Å². The molecule has 1 saturated heterocycles. The summed E-state index contributed by atoms with van der Waals surface area (Å²) in [6.07, 6.45) is 4.67. The molecule has 2 N–H and O–H groups in total. The third-order valence-corrected chi connectivity index (χ3v) is 5.25. The van der Waals surface area contributed by atoms with Crippen LogP contribution in [0.1, 0.15) is 38.7 Å². The molecular formula is C22H38N4O2. The largest absolute Gasteiger partial charge is 0.493 e. The molecule has 1 aliphatic heterocycles. The van der Waals surface area contributed by atoms with Gasteiger partial charge in [-0.05, 0) is 75.9 Å². The second-order valence-corrected chi connectivity index (χ2v) is 7.37. The molecule has 0 amide bonds. The van der Waals surface area contributed by atoms with Crippen LogP contribution in [0.25, 0.3) is 0 Å². The van der Waals surface area contributed by atoms with Gasteiger partial charge in [-0.25, -0.2) is 0 Å². The summed E-state index contributed by atoms with van der Waals surface area (Å²) in [5.41, 5.74) is 1.21. The quantitative estimate of drug-likeness (QED) is 0.475. The number of ether oxygens (including phenoxy) is 2. The van der Waals surface area contributed by atoms with Gasteiger partial charge >= 0.3 is 0 Å². The Hall–Kier alpha value is -1.95. The molecule has 0 saturated carbocycles. The summed E-state index contributed by atoms with van der Waals surface area (Å²) in [6.45, 7) is 10.6. The number of piperidine rings is 1. The number of nitrogens with one attached hydrogen (secondary N) is 2. The smallest absolute Gasteiger partial charge is 0.191 e. The minimum atomic E-state index is 0.703. The van der Waals surface area contributed by atoms with Crippen molar-refractivity contribution in [3.63, 3.8) is 0 Å². The van der Waals surface area contributed by atoms with Crippen molar-refractivity contribution in [1.29, 1.82) is 0 Å². The molecule has 0 aromatic heterocycles. The number of benzene rings is 1. The number of hydrogen-bond donors (Lipinski definition) is 2. The average molecular weight is 391 g/mol. The highest BCUT2D eigenvalue weighted by molar-refractivity contribution is 5.79. The lowest BCUT2D eigenvalue weighted by Crippen LogP contribution is -2.39. The lowest BCUT2D eigenvalue weighted by atomic mass is 9.97. The van der Waals surface area contributed by atoms with E-state index < -0.39 is 0 Å². The van der Waals surface area contributed by atoms with E-state index in [2.05, 4.69) is 35.4 Å². The first-order valence-electron chi connectivity index (χ1n) is 10.7. The van der Waals surface area contributed by atoms with E-state index in [9.17, 15) is 0 Å². The Balaban J connectivity index is 1.80. The predicted octanol–water partition coefficient (Wildman–Crippen LogP) is 2.92. The van der Waals surface area contributed by atoms with Crippen LogP contribution in [0.15, 0.2) is 23.2 Å². The Morgan fingerprint density at radius 1 is 1.11 bits per heavy atom. The average Bonchev–Trinajstić information content (AvgIpc) is 2.73. The fourth-order valence-corrected chi connectivity index (χ4v) is 3.63. The topological polar surface area (TPSA) is 58.1 Å². The Morgan fingerprint density at radius 3 is 2.50 bits per heavy atom. The zero-order valence-electron chi connectivity index (χ0n) is 18.1. The Kier molecular flexibility index (Phi) is 9.97. The van der Waals surface area contributed by atoms with E-state index >= 15 is 0 Å². The third-order valence-electron chi connectivity index (χ3n) is 5.25. The summed E-state index contributed by atoms with van der Waals surface area (Å²) in [5, 5.41) is 6.82. The summed E-state index contributed by atoms with van der Waals surface area (Å²) < 4.78 is 10.7. The van der Waals surface area contributed by atoms with Gasteiger partial charge in [0.05, 0.1) is 14.2 Å². The highest BCUT2D eigenvalue weighted by Gasteiger charge is 2.18. The molecule has 0 unspecified atom stereocenters. The van der Waals surface area contributed by atoms with Crippen LogP contribution in [0.4, 0.5) is 0 Å². The predicted molar refractivity (Wildman–Crippen MR) is 117 cm³/mol. The first kappa shape index (κ1) is 22.3. The van der Waals surface area contributed by atoms with Crippen LogP contribution in [-0.4, -0.2) is 64.3 Å². The number of likely N-dealkylation sites (tertiary alicyclic amines) is 1. The number of guanidine groups is 1. The van der Waals surface area contributed by atoms with E-state index in [1.165, 1.54) is 44.5 Å². The first-order chi connectivity index (χ1) is 13.7. The van der Waals surface area contributed by atoms with E-state index in [0.29, 0.717) is 5.92 Å². The van der Waals surface area contributed by atoms with Gasteiger partial charge in [-0.1, -0.05) is 13.0 Å². The summed E-state index contributed by atoms with van der Waals surface area (Å²) in [5.74, 6) is 3.16. The van der Waals surface area contributed by atoms with Gasteiger partial charge in [0.15, 0.2) is 17.5 Å². The number of aliphatic imine (C=N–C) groups is 1. The molecule has 0 aliphatic carbocycles. The standard InChI is InChI=1S/C22H38N4O2/c1-5-13-26-14-10-19(11-15-26)17-25-22(23-6-2)24-12-9-18-7-8-20(27-3)21(16-18)28-4/h7-8,16,19H,5-6,9-15,17H2,1-4H3,(H2,23,24,25). The molecule has 1 aliphatic rings. The molecule has 1 aromatic rings. The van der Waals surface area contributed by atoms with Gasteiger partial charge in [0.1, 0.15) is 0 Å². The maximum atomic E-state index is 5.39. The maximum absolute atomic E-state index is 5.39. The van der Waals surface area contributed by atoms with E-state index in [4.69, 9.17) is 14.5 Å². The summed E-state index contributed by atoms with van der Waals surface area (Å²) >= 11 is 0. The van der Waals surface area contributed by atoms with Crippen molar-refractivity contribution < 1.29 is 9.47 Å². The molecule has 6 heteroatoms. The zero-order valence-corrected chi connectivity index (χ0v) is 18.1. The Bertz CT molecular complexity index is 598. The van der Waals surface area contributed by atoms with Crippen molar-refractivity contribution >= 4 is 5.96 Å². The van der Waals surface area contributed by atoms with Crippen LogP contribution in [0.3, 0.4) is 0 Å². The second-order valence-electron chi connectivity index (χ2n) is 7.37. The highest BCUT2D eigenvalue weighted by atomic mass is 16.5. The number of rotatable bonds is 10. The van der Waals surface area contributed by atoms with E-state index in [-0.39, 0.29) is 0 Å². The van der Waals surface area contributed by atoms with Crippen LogP contribution < -0.4 is 20.1 Å². The first-order valence-corrected chi connectivity index (χ1v) is 10.7. The molecule has 0 spiro atoms. The van der Waals surface area contributed by atoms with E-state index in [1.807, 2.05) is 12.1 Å². The van der Waals surface area contributed by atoms with Crippen molar-refractivity contribution in [1.82, 2.24) is 15.5 Å². The normalized spacial score (nSPS) is 16.1. The van der Waals surface area contributed by atoms with Gasteiger partial charge < -0.3 is 25.0 Å². The molecule has 1 aromatic carbocycles. The van der Waals surface area contributed by atoms with Crippen LogP contribution in [0, 0.1) is 5.92 Å². The molecule has 0 atom stereocenters. The third kappa shape index (κ3) is 7.23. The SMILES string of the molecule is CCCN1CCC(CN=C(NCC)NCCc2ccc(OC)c(OC)c2)CC1. The fraction of sp³-hybridized carbons (Fsp3) is 0.682. The van der Waals surface area contributed by atoms with Crippen molar-refractivity contribution in [2.24, 2.45) is 10.9 Å². The Morgan fingerprint density at radius 2 is 1.86 bits per heavy atom. The van der Waals surface area contributed by atoms with Gasteiger partial charge in [-0.3, -0.25) is 4.99 Å². The fourth-order valence-electron chi connectivity index (χ4n) is 3.63. The molecule has 1 fully saturated rings. The Labute approximate surface area is 170 Å². The molecule has 1 heterocycles. The number of hydrogen-bond acceptors (Lipinski definition) is 4. The molecule has 0 bridgehead atoms.